The third kappa shape index (κ3) is 2.82. The van der Waals surface area contributed by atoms with Crippen molar-refractivity contribution in [3.05, 3.63) is 12.2 Å². The zero-order chi connectivity index (χ0) is 8.93. The van der Waals surface area contributed by atoms with E-state index in [9.17, 15) is 0 Å². The van der Waals surface area contributed by atoms with Crippen LogP contribution < -0.4 is 10.6 Å². The molecule has 0 spiro atoms. The highest BCUT2D eigenvalue weighted by Crippen LogP contribution is 2.22. The first-order valence-corrected chi connectivity index (χ1v) is 5.54. The number of rotatable bonds is 2. The summed E-state index contributed by atoms with van der Waals surface area (Å²) in [7, 11) is 0. The van der Waals surface area contributed by atoms with Gasteiger partial charge in [0, 0.05) is 25.7 Å². The van der Waals surface area contributed by atoms with Crippen LogP contribution in [-0.2, 0) is 0 Å². The predicted molar refractivity (Wildman–Crippen MR) is 55.8 cm³/mol. The minimum Gasteiger partial charge on any atom is -0.314 e. The molecule has 1 aliphatic heterocycles. The smallest absolute Gasteiger partial charge is 0.0195 e. The van der Waals surface area contributed by atoms with E-state index in [1.54, 1.807) is 0 Å². The number of piperazine rings is 1. The van der Waals surface area contributed by atoms with Crippen molar-refractivity contribution >= 4 is 0 Å². The van der Waals surface area contributed by atoms with Crippen molar-refractivity contribution in [2.24, 2.45) is 5.92 Å². The molecule has 0 aromatic carbocycles. The summed E-state index contributed by atoms with van der Waals surface area (Å²) in [6, 6.07) is 0.727. The first-order chi connectivity index (χ1) is 6.45. The first-order valence-electron chi connectivity index (χ1n) is 5.54. The SMILES string of the molecule is C1=CCC(CC2CNCCN2)CC1. The summed E-state index contributed by atoms with van der Waals surface area (Å²) in [6.07, 6.45) is 10.0. The van der Waals surface area contributed by atoms with E-state index in [0.29, 0.717) is 0 Å². The highest BCUT2D eigenvalue weighted by atomic mass is 15.0. The van der Waals surface area contributed by atoms with Gasteiger partial charge in [0.05, 0.1) is 0 Å². The van der Waals surface area contributed by atoms with Gasteiger partial charge in [-0.05, 0) is 31.6 Å². The number of allylic oxidation sites excluding steroid dienone is 2. The standard InChI is InChI=1S/C11H20N2/c1-2-4-10(5-3-1)8-11-9-12-6-7-13-11/h1-2,10-13H,3-9H2. The van der Waals surface area contributed by atoms with Gasteiger partial charge in [-0.25, -0.2) is 0 Å². The van der Waals surface area contributed by atoms with Gasteiger partial charge in [0.2, 0.25) is 0 Å². The van der Waals surface area contributed by atoms with Crippen LogP contribution in [0.4, 0.5) is 0 Å². The lowest BCUT2D eigenvalue weighted by Gasteiger charge is -2.28. The van der Waals surface area contributed by atoms with E-state index in [4.69, 9.17) is 0 Å². The van der Waals surface area contributed by atoms with Gasteiger partial charge in [0.25, 0.3) is 0 Å². The lowest BCUT2D eigenvalue weighted by Crippen LogP contribution is -2.48. The first kappa shape index (κ1) is 9.22. The van der Waals surface area contributed by atoms with Crippen LogP contribution in [0.25, 0.3) is 0 Å². The molecule has 2 aliphatic rings. The zero-order valence-electron chi connectivity index (χ0n) is 8.26. The summed E-state index contributed by atoms with van der Waals surface area (Å²) in [5, 5.41) is 7.02. The zero-order valence-corrected chi connectivity index (χ0v) is 8.26. The summed E-state index contributed by atoms with van der Waals surface area (Å²) in [4.78, 5) is 0. The Morgan fingerprint density at radius 3 is 2.92 bits per heavy atom. The Balaban J connectivity index is 1.72. The molecule has 0 aromatic heterocycles. The molecule has 74 valence electrons. The van der Waals surface area contributed by atoms with Crippen LogP contribution >= 0.6 is 0 Å². The Kier molecular flexibility index (Phi) is 3.39. The van der Waals surface area contributed by atoms with Crippen LogP contribution in [-0.4, -0.2) is 25.7 Å². The van der Waals surface area contributed by atoms with E-state index >= 15 is 0 Å². The highest BCUT2D eigenvalue weighted by molar-refractivity contribution is 4.91. The Bertz CT molecular complexity index is 171. The molecule has 2 heteroatoms. The molecule has 0 aromatic rings. The van der Waals surface area contributed by atoms with Crippen molar-refractivity contribution in [3.8, 4) is 0 Å². The van der Waals surface area contributed by atoms with E-state index in [-0.39, 0.29) is 0 Å². The van der Waals surface area contributed by atoms with E-state index in [0.717, 1.165) is 25.0 Å². The average Bonchev–Trinajstić information content (AvgIpc) is 2.21. The Hall–Kier alpha value is -0.340. The van der Waals surface area contributed by atoms with Crippen molar-refractivity contribution in [1.29, 1.82) is 0 Å². The quantitative estimate of drug-likeness (QED) is 0.626. The van der Waals surface area contributed by atoms with Gasteiger partial charge in [-0.2, -0.15) is 0 Å². The molecule has 1 saturated heterocycles. The minimum atomic E-state index is 0.727. The Morgan fingerprint density at radius 1 is 1.23 bits per heavy atom. The summed E-state index contributed by atoms with van der Waals surface area (Å²) >= 11 is 0. The van der Waals surface area contributed by atoms with Gasteiger partial charge in [-0.1, -0.05) is 12.2 Å². The summed E-state index contributed by atoms with van der Waals surface area (Å²) in [5.41, 5.74) is 0. The fourth-order valence-electron chi connectivity index (χ4n) is 2.35. The minimum absolute atomic E-state index is 0.727. The van der Waals surface area contributed by atoms with Crippen molar-refractivity contribution in [2.45, 2.75) is 31.7 Å². The van der Waals surface area contributed by atoms with Crippen molar-refractivity contribution < 1.29 is 0 Å². The molecule has 1 heterocycles. The molecule has 1 aliphatic carbocycles. The van der Waals surface area contributed by atoms with Crippen LogP contribution in [0.1, 0.15) is 25.7 Å². The van der Waals surface area contributed by atoms with Crippen LogP contribution in [0.15, 0.2) is 12.2 Å². The van der Waals surface area contributed by atoms with Gasteiger partial charge in [-0.3, -0.25) is 0 Å². The second kappa shape index (κ2) is 4.77. The number of hydrogen-bond acceptors (Lipinski definition) is 2. The molecule has 0 saturated carbocycles. The van der Waals surface area contributed by atoms with E-state index in [1.807, 2.05) is 0 Å². The molecule has 2 nitrogen and oxygen atoms in total. The highest BCUT2D eigenvalue weighted by Gasteiger charge is 2.18. The van der Waals surface area contributed by atoms with E-state index < -0.39 is 0 Å². The summed E-state index contributed by atoms with van der Waals surface area (Å²) in [6.45, 7) is 3.45. The van der Waals surface area contributed by atoms with E-state index in [2.05, 4.69) is 22.8 Å². The summed E-state index contributed by atoms with van der Waals surface area (Å²) < 4.78 is 0. The molecule has 2 N–H and O–H groups in total. The molecule has 0 bridgehead atoms. The van der Waals surface area contributed by atoms with Crippen LogP contribution in [0.5, 0.6) is 0 Å². The molecule has 0 amide bonds. The predicted octanol–water partition coefficient (Wildman–Crippen LogP) is 1.29. The third-order valence-corrected chi connectivity index (χ3v) is 3.12. The fourth-order valence-corrected chi connectivity index (χ4v) is 2.35. The molecule has 0 radical (unpaired) electrons. The van der Waals surface area contributed by atoms with Gasteiger partial charge >= 0.3 is 0 Å². The van der Waals surface area contributed by atoms with Crippen LogP contribution in [0.2, 0.25) is 0 Å². The molecule has 2 atom stereocenters. The maximum atomic E-state index is 3.58. The largest absolute Gasteiger partial charge is 0.314 e. The number of hydrogen-bond donors (Lipinski definition) is 2. The van der Waals surface area contributed by atoms with E-state index in [1.165, 1.54) is 32.2 Å². The fraction of sp³-hybridized carbons (Fsp3) is 0.818. The van der Waals surface area contributed by atoms with Gasteiger partial charge < -0.3 is 10.6 Å². The average molecular weight is 180 g/mol. The molecular formula is C11H20N2. The Labute approximate surface area is 80.8 Å². The Morgan fingerprint density at radius 2 is 2.23 bits per heavy atom. The normalized spacial score (nSPS) is 34.8. The number of nitrogens with one attached hydrogen (secondary N) is 2. The van der Waals surface area contributed by atoms with Crippen molar-refractivity contribution in [1.82, 2.24) is 10.6 Å². The van der Waals surface area contributed by atoms with Gasteiger partial charge in [0.1, 0.15) is 0 Å². The second-order valence-corrected chi connectivity index (χ2v) is 4.24. The summed E-state index contributed by atoms with van der Waals surface area (Å²) in [5.74, 6) is 0.933. The van der Waals surface area contributed by atoms with Crippen molar-refractivity contribution in [3.63, 3.8) is 0 Å². The topological polar surface area (TPSA) is 24.1 Å². The third-order valence-electron chi connectivity index (χ3n) is 3.12. The monoisotopic (exact) mass is 180 g/mol. The maximum absolute atomic E-state index is 3.58. The lowest BCUT2D eigenvalue weighted by molar-refractivity contribution is 0.326. The van der Waals surface area contributed by atoms with Crippen LogP contribution in [0, 0.1) is 5.92 Å². The molecule has 13 heavy (non-hydrogen) atoms. The second-order valence-electron chi connectivity index (χ2n) is 4.24. The molecule has 1 fully saturated rings. The molecular weight excluding hydrogens is 160 g/mol. The maximum Gasteiger partial charge on any atom is 0.0195 e. The van der Waals surface area contributed by atoms with Crippen LogP contribution in [0.3, 0.4) is 0 Å². The van der Waals surface area contributed by atoms with Crippen molar-refractivity contribution in [2.75, 3.05) is 19.6 Å². The molecule has 2 rings (SSSR count). The van der Waals surface area contributed by atoms with Gasteiger partial charge in [0.15, 0.2) is 0 Å². The van der Waals surface area contributed by atoms with Gasteiger partial charge in [-0.15, -0.1) is 0 Å². The molecule has 2 unspecified atom stereocenters. The lowest BCUT2D eigenvalue weighted by atomic mass is 9.88.